The molecule has 0 aliphatic heterocycles. The molecular formula is C19H17Cl2N3OS. The first-order chi connectivity index (χ1) is 12.6. The number of carbonyl (C=O) groups excluding carboxylic acids is 1. The zero-order valence-corrected chi connectivity index (χ0v) is 16.2. The van der Waals surface area contributed by atoms with E-state index in [1.807, 2.05) is 35.1 Å². The number of hydrogen-bond donors (Lipinski definition) is 1. The Morgan fingerprint density at radius 1 is 1.15 bits per heavy atom. The van der Waals surface area contributed by atoms with E-state index in [4.69, 9.17) is 23.2 Å². The lowest BCUT2D eigenvalue weighted by Crippen LogP contribution is -2.24. The van der Waals surface area contributed by atoms with Crippen LogP contribution in [0, 0.1) is 0 Å². The molecule has 3 rings (SSSR count). The van der Waals surface area contributed by atoms with Crippen molar-refractivity contribution in [2.45, 2.75) is 12.3 Å². The largest absolute Gasteiger partial charge is 0.351 e. The number of amides is 1. The standard InChI is InChI=1S/C19H17Cl2N3OS/c20-16-5-4-15(18(21)10-16)11-22-19(25)13-26-12-14-2-6-17(7-3-14)24-9-1-8-23-24/h1-10H,11-13H2,(H,22,25). The summed E-state index contributed by atoms with van der Waals surface area (Å²) in [5.41, 5.74) is 3.03. The highest BCUT2D eigenvalue weighted by molar-refractivity contribution is 7.99. The summed E-state index contributed by atoms with van der Waals surface area (Å²) in [4.78, 5) is 12.0. The molecule has 7 heteroatoms. The molecule has 26 heavy (non-hydrogen) atoms. The van der Waals surface area contributed by atoms with E-state index in [1.54, 1.807) is 30.1 Å². The Kier molecular flexibility index (Phi) is 6.61. The first-order valence-electron chi connectivity index (χ1n) is 7.99. The summed E-state index contributed by atoms with van der Waals surface area (Å²) in [5.74, 6) is 1.15. The van der Waals surface area contributed by atoms with Crippen LogP contribution in [0.5, 0.6) is 0 Å². The van der Waals surface area contributed by atoms with Crippen molar-refractivity contribution in [3.63, 3.8) is 0 Å². The first kappa shape index (κ1) is 18.8. The van der Waals surface area contributed by atoms with Crippen LogP contribution < -0.4 is 5.32 Å². The van der Waals surface area contributed by atoms with Crippen LogP contribution in [0.4, 0.5) is 0 Å². The molecule has 0 saturated heterocycles. The number of hydrogen-bond acceptors (Lipinski definition) is 3. The molecule has 1 N–H and O–H groups in total. The third kappa shape index (κ3) is 5.27. The monoisotopic (exact) mass is 405 g/mol. The normalized spacial score (nSPS) is 10.7. The SMILES string of the molecule is O=C(CSCc1ccc(-n2cccn2)cc1)NCc1ccc(Cl)cc1Cl. The van der Waals surface area contributed by atoms with E-state index in [0.717, 1.165) is 17.0 Å². The van der Waals surface area contributed by atoms with Gasteiger partial charge in [0.15, 0.2) is 0 Å². The molecule has 0 unspecified atom stereocenters. The van der Waals surface area contributed by atoms with Gasteiger partial charge in [-0.25, -0.2) is 4.68 Å². The highest BCUT2D eigenvalue weighted by Crippen LogP contribution is 2.21. The van der Waals surface area contributed by atoms with Gasteiger partial charge in [-0.05, 0) is 41.5 Å². The molecule has 0 spiro atoms. The van der Waals surface area contributed by atoms with Gasteiger partial charge < -0.3 is 5.32 Å². The number of nitrogens with zero attached hydrogens (tertiary/aromatic N) is 2. The fourth-order valence-electron chi connectivity index (χ4n) is 2.34. The zero-order chi connectivity index (χ0) is 18.4. The van der Waals surface area contributed by atoms with Gasteiger partial charge in [0.1, 0.15) is 0 Å². The Hall–Kier alpha value is -1.95. The van der Waals surface area contributed by atoms with Crippen molar-refractivity contribution in [1.29, 1.82) is 0 Å². The van der Waals surface area contributed by atoms with Gasteiger partial charge in [0.2, 0.25) is 5.91 Å². The Morgan fingerprint density at radius 3 is 2.65 bits per heavy atom. The van der Waals surface area contributed by atoms with E-state index in [9.17, 15) is 4.79 Å². The van der Waals surface area contributed by atoms with Gasteiger partial charge in [-0.3, -0.25) is 4.79 Å². The third-order valence-electron chi connectivity index (χ3n) is 3.70. The summed E-state index contributed by atoms with van der Waals surface area (Å²) in [6.45, 7) is 0.397. The maximum atomic E-state index is 12.0. The summed E-state index contributed by atoms with van der Waals surface area (Å²) in [5, 5.41) is 8.21. The number of halogens is 2. The lowest BCUT2D eigenvalue weighted by molar-refractivity contribution is -0.118. The van der Waals surface area contributed by atoms with Gasteiger partial charge in [-0.15, -0.1) is 11.8 Å². The molecule has 134 valence electrons. The molecule has 0 saturated carbocycles. The molecule has 0 aliphatic rings. The number of aromatic nitrogens is 2. The van der Waals surface area contributed by atoms with Crippen LogP contribution in [0.3, 0.4) is 0 Å². The maximum absolute atomic E-state index is 12.0. The van der Waals surface area contributed by atoms with E-state index in [1.165, 1.54) is 5.56 Å². The van der Waals surface area contributed by atoms with Crippen molar-refractivity contribution < 1.29 is 4.79 Å². The first-order valence-corrected chi connectivity index (χ1v) is 9.90. The molecule has 0 bridgehead atoms. The topological polar surface area (TPSA) is 46.9 Å². The molecule has 0 fully saturated rings. The summed E-state index contributed by atoms with van der Waals surface area (Å²) in [6.07, 6.45) is 3.65. The number of thioether (sulfide) groups is 1. The Morgan fingerprint density at radius 2 is 1.96 bits per heavy atom. The number of benzene rings is 2. The van der Waals surface area contributed by atoms with Crippen molar-refractivity contribution in [2.24, 2.45) is 0 Å². The van der Waals surface area contributed by atoms with Crippen molar-refractivity contribution in [2.75, 3.05) is 5.75 Å². The molecule has 0 radical (unpaired) electrons. The van der Waals surface area contributed by atoms with Crippen LogP contribution in [0.2, 0.25) is 10.0 Å². The summed E-state index contributed by atoms with van der Waals surface area (Å²) in [7, 11) is 0. The van der Waals surface area contributed by atoms with Crippen molar-refractivity contribution in [3.05, 3.63) is 82.1 Å². The zero-order valence-electron chi connectivity index (χ0n) is 13.9. The van der Waals surface area contributed by atoms with Crippen LogP contribution in [-0.4, -0.2) is 21.4 Å². The predicted octanol–water partition coefficient (Wildman–Crippen LogP) is 4.73. The minimum absolute atomic E-state index is 0.0193. The number of carbonyl (C=O) groups is 1. The van der Waals surface area contributed by atoms with E-state index in [0.29, 0.717) is 22.3 Å². The lowest BCUT2D eigenvalue weighted by Gasteiger charge is -2.08. The van der Waals surface area contributed by atoms with Crippen molar-refractivity contribution >= 4 is 40.9 Å². The fourth-order valence-corrected chi connectivity index (χ4v) is 3.63. The van der Waals surface area contributed by atoms with Gasteiger partial charge in [0.25, 0.3) is 0 Å². The minimum Gasteiger partial charge on any atom is -0.351 e. The molecule has 1 aromatic heterocycles. The average Bonchev–Trinajstić information content (AvgIpc) is 3.16. The number of rotatable bonds is 7. The molecule has 3 aromatic rings. The highest BCUT2D eigenvalue weighted by atomic mass is 35.5. The van der Waals surface area contributed by atoms with Gasteiger partial charge in [0, 0.05) is 34.7 Å². The van der Waals surface area contributed by atoms with Crippen LogP contribution in [0.15, 0.2) is 60.9 Å². The minimum atomic E-state index is -0.0193. The summed E-state index contributed by atoms with van der Waals surface area (Å²) in [6, 6.07) is 15.3. The van der Waals surface area contributed by atoms with E-state index in [-0.39, 0.29) is 5.91 Å². The number of nitrogens with one attached hydrogen (secondary N) is 1. The van der Waals surface area contributed by atoms with Gasteiger partial charge in [-0.1, -0.05) is 41.4 Å². The molecule has 4 nitrogen and oxygen atoms in total. The van der Waals surface area contributed by atoms with Gasteiger partial charge >= 0.3 is 0 Å². The molecular weight excluding hydrogens is 389 g/mol. The lowest BCUT2D eigenvalue weighted by atomic mass is 10.2. The van der Waals surface area contributed by atoms with Crippen LogP contribution in [-0.2, 0) is 17.1 Å². The molecule has 2 aromatic carbocycles. The quantitative estimate of drug-likeness (QED) is 0.617. The third-order valence-corrected chi connectivity index (χ3v) is 5.29. The molecule has 0 atom stereocenters. The maximum Gasteiger partial charge on any atom is 0.230 e. The predicted molar refractivity (Wildman–Crippen MR) is 108 cm³/mol. The highest BCUT2D eigenvalue weighted by Gasteiger charge is 2.05. The van der Waals surface area contributed by atoms with Crippen LogP contribution >= 0.6 is 35.0 Å². The summed E-state index contributed by atoms with van der Waals surface area (Å²) < 4.78 is 1.81. The fraction of sp³-hybridized carbons (Fsp3) is 0.158. The van der Waals surface area contributed by atoms with Gasteiger partial charge in [-0.2, -0.15) is 5.10 Å². The average molecular weight is 406 g/mol. The Bertz CT molecular complexity index is 867. The second kappa shape index (κ2) is 9.12. The smallest absolute Gasteiger partial charge is 0.230 e. The second-order valence-corrected chi connectivity index (χ2v) is 7.45. The van der Waals surface area contributed by atoms with E-state index in [2.05, 4.69) is 22.5 Å². The van der Waals surface area contributed by atoms with Crippen molar-refractivity contribution in [1.82, 2.24) is 15.1 Å². The second-order valence-electron chi connectivity index (χ2n) is 5.62. The Labute approximate surface area is 166 Å². The van der Waals surface area contributed by atoms with Gasteiger partial charge in [0.05, 0.1) is 11.4 Å². The molecule has 1 amide bonds. The summed E-state index contributed by atoms with van der Waals surface area (Å²) >= 11 is 13.5. The van der Waals surface area contributed by atoms with E-state index >= 15 is 0 Å². The Balaban J connectivity index is 1.42. The van der Waals surface area contributed by atoms with Crippen LogP contribution in [0.25, 0.3) is 5.69 Å². The molecule has 1 heterocycles. The molecule has 0 aliphatic carbocycles. The van der Waals surface area contributed by atoms with Crippen LogP contribution in [0.1, 0.15) is 11.1 Å². The van der Waals surface area contributed by atoms with Crippen molar-refractivity contribution in [3.8, 4) is 5.69 Å². The van der Waals surface area contributed by atoms with E-state index < -0.39 is 0 Å².